The van der Waals surface area contributed by atoms with Gasteiger partial charge in [0, 0.05) is 36.7 Å². The van der Waals surface area contributed by atoms with Crippen LogP contribution in [-0.2, 0) is 26.4 Å². The number of amides is 1. The molecule has 1 aliphatic heterocycles. The van der Waals surface area contributed by atoms with Crippen molar-refractivity contribution in [1.29, 1.82) is 0 Å². The highest BCUT2D eigenvalue weighted by Crippen LogP contribution is 2.35. The number of fused-ring (bicyclic) bond motifs is 1. The summed E-state index contributed by atoms with van der Waals surface area (Å²) in [5.41, 5.74) is 4.31. The number of ether oxygens (including phenoxy) is 3. The van der Waals surface area contributed by atoms with Crippen molar-refractivity contribution in [3.8, 4) is 10.8 Å². The lowest BCUT2D eigenvalue weighted by molar-refractivity contribution is -0.125. The molecule has 12 heteroatoms. The van der Waals surface area contributed by atoms with Gasteiger partial charge in [-0.25, -0.2) is 14.0 Å². The largest absolute Gasteiger partial charge is 0.496 e. The van der Waals surface area contributed by atoms with Crippen LogP contribution in [0.5, 0.6) is 5.75 Å². The zero-order chi connectivity index (χ0) is 28.6. The van der Waals surface area contributed by atoms with Crippen molar-refractivity contribution in [2.75, 3.05) is 20.3 Å². The number of aryl methyl sites for hydroxylation is 1. The van der Waals surface area contributed by atoms with E-state index in [0.717, 1.165) is 10.1 Å². The molecule has 2 N–H and O–H groups in total. The van der Waals surface area contributed by atoms with E-state index in [0.29, 0.717) is 52.6 Å². The first-order valence-electron chi connectivity index (χ1n) is 13.1. The van der Waals surface area contributed by atoms with Crippen molar-refractivity contribution in [2.45, 2.75) is 57.9 Å². The van der Waals surface area contributed by atoms with Gasteiger partial charge >= 0.3 is 5.69 Å². The lowest BCUT2D eigenvalue weighted by atomic mass is 10.0. The summed E-state index contributed by atoms with van der Waals surface area (Å²) in [5, 5.41) is 5.36. The van der Waals surface area contributed by atoms with E-state index in [1.54, 1.807) is 30.3 Å². The molecular formula is C28H33N5O6S. The lowest BCUT2D eigenvalue weighted by Gasteiger charge is -2.30. The van der Waals surface area contributed by atoms with E-state index < -0.39 is 28.8 Å². The molecule has 0 saturated carbocycles. The molecule has 0 bridgehead atoms. The van der Waals surface area contributed by atoms with Gasteiger partial charge in [-0.15, -0.1) is 0 Å². The molecule has 1 atom stereocenters. The number of methoxy groups -OCH3 is 1. The van der Waals surface area contributed by atoms with Crippen LogP contribution in [0.3, 0.4) is 0 Å². The van der Waals surface area contributed by atoms with E-state index >= 15 is 0 Å². The van der Waals surface area contributed by atoms with Crippen LogP contribution < -0.4 is 21.7 Å². The minimum atomic E-state index is -1.58. The van der Waals surface area contributed by atoms with Gasteiger partial charge < -0.3 is 19.9 Å². The molecule has 0 aliphatic carbocycles. The lowest BCUT2D eigenvalue weighted by Crippen LogP contribution is -2.54. The molecular weight excluding hydrogens is 534 g/mol. The summed E-state index contributed by atoms with van der Waals surface area (Å²) in [7, 11) is 1.59. The number of para-hydroxylation sites is 1. The number of nitrogens with zero attached hydrogens (tertiary/aromatic N) is 4. The fourth-order valence-electron chi connectivity index (χ4n) is 5.06. The summed E-state index contributed by atoms with van der Waals surface area (Å²) in [6.07, 6.45) is 4.16. The van der Waals surface area contributed by atoms with Crippen molar-refractivity contribution in [1.82, 2.24) is 18.9 Å². The van der Waals surface area contributed by atoms with Crippen LogP contribution in [0.2, 0.25) is 0 Å². The van der Waals surface area contributed by atoms with Crippen molar-refractivity contribution >= 4 is 27.5 Å². The third kappa shape index (κ3) is 4.87. The molecule has 0 spiro atoms. The Hall–Kier alpha value is -3.74. The van der Waals surface area contributed by atoms with E-state index in [2.05, 4.69) is 5.10 Å². The van der Waals surface area contributed by atoms with Gasteiger partial charge in [0.1, 0.15) is 27.2 Å². The fourth-order valence-corrected chi connectivity index (χ4v) is 6.31. The Morgan fingerprint density at radius 1 is 1.23 bits per heavy atom. The van der Waals surface area contributed by atoms with Gasteiger partial charge in [0.15, 0.2) is 0 Å². The molecule has 4 aromatic rings. The molecule has 3 aromatic heterocycles. The summed E-state index contributed by atoms with van der Waals surface area (Å²) >= 11 is 1.28. The molecule has 212 valence electrons. The monoisotopic (exact) mass is 567 g/mol. The minimum absolute atomic E-state index is 0.0701. The topological polar surface area (TPSA) is 133 Å². The van der Waals surface area contributed by atoms with Crippen molar-refractivity contribution < 1.29 is 19.0 Å². The number of hydrogen-bond acceptors (Lipinski definition) is 8. The van der Waals surface area contributed by atoms with Gasteiger partial charge in [-0.05, 0) is 45.7 Å². The standard InChI is InChI=1S/C28H33N5O6S/c1-17-22-23(34)33(28(2,3)26(29)35)27(36)31(25(22)40-24(17)32-13-7-12-30-32)16-21(39-18-10-14-38-15-11-18)19-8-5-6-9-20(19)37-4/h5-9,12-13,18,21H,10-11,14-16H2,1-4H3,(H2,29,35)/t21-/m0/s1. The van der Waals surface area contributed by atoms with Gasteiger partial charge in [-0.3, -0.25) is 14.2 Å². The third-order valence-corrected chi connectivity index (χ3v) is 8.73. The zero-order valence-electron chi connectivity index (χ0n) is 23.0. The second kappa shape index (κ2) is 11.0. The molecule has 40 heavy (non-hydrogen) atoms. The Balaban J connectivity index is 1.76. The first kappa shape index (κ1) is 27.8. The second-order valence-corrected chi connectivity index (χ2v) is 11.3. The van der Waals surface area contributed by atoms with E-state index in [1.807, 2.05) is 31.2 Å². The SMILES string of the molecule is COc1ccccc1[C@H](Cn1c(=O)n(C(C)(C)C(N)=O)c(=O)c2c(C)c(-n3cccn3)sc21)OC1CCOCC1. The summed E-state index contributed by atoms with van der Waals surface area (Å²) in [5.74, 6) is -0.174. The van der Waals surface area contributed by atoms with Gasteiger partial charge in [0.25, 0.3) is 5.56 Å². The zero-order valence-corrected chi connectivity index (χ0v) is 23.8. The summed E-state index contributed by atoms with van der Waals surface area (Å²) in [6, 6.07) is 9.29. The van der Waals surface area contributed by atoms with Gasteiger partial charge in [0.2, 0.25) is 5.91 Å². The number of benzene rings is 1. The van der Waals surface area contributed by atoms with Crippen molar-refractivity contribution in [2.24, 2.45) is 5.73 Å². The molecule has 1 saturated heterocycles. The Bertz CT molecular complexity index is 1650. The average Bonchev–Trinajstić information content (AvgIpc) is 3.59. The maximum atomic E-state index is 14.2. The Morgan fingerprint density at radius 2 is 1.95 bits per heavy atom. The van der Waals surface area contributed by atoms with Gasteiger partial charge in [-0.2, -0.15) is 5.10 Å². The number of nitrogens with two attached hydrogens (primary N) is 1. The quantitative estimate of drug-likeness (QED) is 0.329. The highest BCUT2D eigenvalue weighted by molar-refractivity contribution is 7.21. The smallest absolute Gasteiger partial charge is 0.333 e. The van der Waals surface area contributed by atoms with Crippen LogP contribution in [-0.4, -0.2) is 51.2 Å². The molecule has 1 aliphatic rings. The predicted octanol–water partition coefficient (Wildman–Crippen LogP) is 2.88. The number of thiophene rings is 1. The van der Waals surface area contributed by atoms with Crippen molar-refractivity contribution in [3.63, 3.8) is 0 Å². The number of rotatable bonds is 9. The van der Waals surface area contributed by atoms with Gasteiger partial charge in [-0.1, -0.05) is 29.5 Å². The van der Waals surface area contributed by atoms with E-state index in [-0.39, 0.29) is 12.6 Å². The van der Waals surface area contributed by atoms with Crippen LogP contribution in [0.4, 0.5) is 0 Å². The highest BCUT2D eigenvalue weighted by Gasteiger charge is 2.35. The van der Waals surface area contributed by atoms with Crippen molar-refractivity contribution in [3.05, 3.63) is 74.7 Å². The molecule has 11 nitrogen and oxygen atoms in total. The summed E-state index contributed by atoms with van der Waals surface area (Å²) < 4.78 is 21.9. The normalized spacial score (nSPS) is 15.4. The number of primary amides is 1. The summed E-state index contributed by atoms with van der Waals surface area (Å²) in [4.78, 5) is 41.0. The Morgan fingerprint density at radius 3 is 2.60 bits per heavy atom. The molecule has 0 unspecified atom stereocenters. The highest BCUT2D eigenvalue weighted by atomic mass is 32.1. The van der Waals surface area contributed by atoms with E-state index in [1.165, 1.54) is 29.8 Å². The van der Waals surface area contributed by atoms with Crippen LogP contribution in [0.15, 0.2) is 52.3 Å². The fraction of sp³-hybridized carbons (Fsp3) is 0.429. The molecule has 0 radical (unpaired) electrons. The van der Waals surface area contributed by atoms with Crippen LogP contribution in [0, 0.1) is 6.92 Å². The van der Waals surface area contributed by atoms with E-state index in [9.17, 15) is 14.4 Å². The molecule has 1 fully saturated rings. The predicted molar refractivity (Wildman–Crippen MR) is 151 cm³/mol. The molecule has 5 rings (SSSR count). The average molecular weight is 568 g/mol. The number of carbonyl (C=O) groups is 1. The third-order valence-electron chi connectivity index (χ3n) is 7.42. The first-order chi connectivity index (χ1) is 19.1. The number of aromatic nitrogens is 4. The van der Waals surface area contributed by atoms with Crippen LogP contribution >= 0.6 is 11.3 Å². The Labute approximate surface area is 234 Å². The van der Waals surface area contributed by atoms with Gasteiger partial charge in [0.05, 0.1) is 25.1 Å². The van der Waals surface area contributed by atoms with E-state index in [4.69, 9.17) is 19.9 Å². The first-order valence-corrected chi connectivity index (χ1v) is 13.9. The van der Waals surface area contributed by atoms with Crippen LogP contribution in [0.25, 0.3) is 15.2 Å². The maximum absolute atomic E-state index is 14.2. The van der Waals surface area contributed by atoms with Crippen LogP contribution in [0.1, 0.15) is 43.9 Å². The number of hydrogen-bond donors (Lipinski definition) is 1. The minimum Gasteiger partial charge on any atom is -0.496 e. The number of carbonyl (C=O) groups excluding carboxylic acids is 1. The Kier molecular flexibility index (Phi) is 7.67. The molecule has 1 amide bonds. The molecule has 4 heterocycles. The summed E-state index contributed by atoms with van der Waals surface area (Å²) in [6.45, 7) is 6.00. The molecule has 1 aromatic carbocycles. The maximum Gasteiger partial charge on any atom is 0.333 e. The second-order valence-electron chi connectivity index (χ2n) is 10.3.